The summed E-state index contributed by atoms with van der Waals surface area (Å²) in [6, 6.07) is 0. The van der Waals surface area contributed by atoms with Crippen LogP contribution in [0.2, 0.25) is 0 Å². The van der Waals surface area contributed by atoms with Gasteiger partial charge in [0.1, 0.15) is 0 Å². The monoisotopic (exact) mass is 144 g/mol. The fourth-order valence-electron chi connectivity index (χ4n) is 0.490. The van der Waals surface area contributed by atoms with Gasteiger partial charge in [0.15, 0.2) is 0 Å². The minimum atomic E-state index is 0.679. The zero-order valence-electron chi connectivity index (χ0n) is 6.91. The SMILES string of the molecule is C=C=CCC#CCC#CCC. The van der Waals surface area contributed by atoms with Crippen LogP contribution in [0.25, 0.3) is 0 Å². The molecule has 0 aliphatic rings. The Morgan fingerprint density at radius 3 is 2.55 bits per heavy atom. The quantitative estimate of drug-likeness (QED) is 0.392. The zero-order chi connectivity index (χ0) is 8.36. The first-order valence-electron chi connectivity index (χ1n) is 3.67. The Bertz CT molecular complexity index is 243. The van der Waals surface area contributed by atoms with Gasteiger partial charge in [-0.1, -0.05) is 31.3 Å². The highest BCUT2D eigenvalue weighted by molar-refractivity contribution is 5.12. The molecule has 0 radical (unpaired) electrons. The molecule has 0 saturated heterocycles. The van der Waals surface area contributed by atoms with E-state index in [0.29, 0.717) is 6.42 Å². The Hall–Kier alpha value is -1.36. The smallest absolute Gasteiger partial charge is 0.0702 e. The van der Waals surface area contributed by atoms with Crippen LogP contribution in [0.5, 0.6) is 0 Å². The molecule has 0 aromatic carbocycles. The lowest BCUT2D eigenvalue weighted by molar-refractivity contribution is 1.27. The molecule has 0 atom stereocenters. The Balaban J connectivity index is 3.48. The molecule has 0 heterocycles. The number of rotatable bonds is 1. The molecular formula is C11H12. The fraction of sp³-hybridized carbons (Fsp3) is 0.364. The highest BCUT2D eigenvalue weighted by Gasteiger charge is 1.66. The highest BCUT2D eigenvalue weighted by atomic mass is 13.7. The van der Waals surface area contributed by atoms with Crippen molar-refractivity contribution in [2.24, 2.45) is 0 Å². The van der Waals surface area contributed by atoms with E-state index < -0.39 is 0 Å². The molecule has 0 rings (SSSR count). The van der Waals surface area contributed by atoms with Crippen molar-refractivity contribution in [3.63, 3.8) is 0 Å². The summed E-state index contributed by atoms with van der Waals surface area (Å²) in [7, 11) is 0. The van der Waals surface area contributed by atoms with Crippen LogP contribution in [-0.2, 0) is 0 Å². The van der Waals surface area contributed by atoms with E-state index in [4.69, 9.17) is 0 Å². The summed E-state index contributed by atoms with van der Waals surface area (Å²) in [6.45, 7) is 5.46. The first-order valence-corrected chi connectivity index (χ1v) is 3.67. The van der Waals surface area contributed by atoms with E-state index >= 15 is 0 Å². The maximum atomic E-state index is 3.43. The van der Waals surface area contributed by atoms with Gasteiger partial charge >= 0.3 is 0 Å². The zero-order valence-corrected chi connectivity index (χ0v) is 6.91. The first-order chi connectivity index (χ1) is 5.41. The largest absolute Gasteiger partial charge is 0.132 e. The van der Waals surface area contributed by atoms with Crippen molar-refractivity contribution in [1.82, 2.24) is 0 Å². The van der Waals surface area contributed by atoms with Crippen LogP contribution in [0, 0.1) is 23.7 Å². The van der Waals surface area contributed by atoms with Crippen molar-refractivity contribution in [1.29, 1.82) is 0 Å². The van der Waals surface area contributed by atoms with Crippen LogP contribution in [0.4, 0.5) is 0 Å². The molecule has 0 fully saturated rings. The van der Waals surface area contributed by atoms with Gasteiger partial charge in [0, 0.05) is 12.8 Å². The van der Waals surface area contributed by atoms with Crippen molar-refractivity contribution in [3.05, 3.63) is 18.4 Å². The summed E-state index contributed by atoms with van der Waals surface area (Å²) >= 11 is 0. The maximum absolute atomic E-state index is 3.43. The van der Waals surface area contributed by atoms with Crippen molar-refractivity contribution in [2.45, 2.75) is 26.2 Å². The molecule has 56 valence electrons. The van der Waals surface area contributed by atoms with Gasteiger partial charge < -0.3 is 0 Å². The van der Waals surface area contributed by atoms with Gasteiger partial charge in [-0.25, -0.2) is 0 Å². The van der Waals surface area contributed by atoms with E-state index in [0.717, 1.165) is 12.8 Å². The van der Waals surface area contributed by atoms with Crippen LogP contribution in [0.1, 0.15) is 26.2 Å². The maximum Gasteiger partial charge on any atom is 0.0702 e. The molecule has 0 aromatic rings. The predicted octanol–water partition coefficient (Wildman–Crippen LogP) is 2.52. The number of hydrogen-bond donors (Lipinski definition) is 0. The average molecular weight is 144 g/mol. The molecule has 0 saturated carbocycles. The molecular weight excluding hydrogens is 132 g/mol. The normalized spacial score (nSPS) is 6.27. The van der Waals surface area contributed by atoms with E-state index in [1.165, 1.54) is 0 Å². The first kappa shape index (κ1) is 9.64. The third kappa shape index (κ3) is 8.64. The van der Waals surface area contributed by atoms with E-state index in [1.807, 2.05) is 6.92 Å². The van der Waals surface area contributed by atoms with Gasteiger partial charge in [0.05, 0.1) is 6.42 Å². The van der Waals surface area contributed by atoms with Crippen LogP contribution in [-0.4, -0.2) is 0 Å². The molecule has 0 aromatic heterocycles. The third-order valence-corrected chi connectivity index (χ3v) is 0.952. The summed E-state index contributed by atoms with van der Waals surface area (Å²) in [6.07, 6.45) is 4.13. The van der Waals surface area contributed by atoms with Gasteiger partial charge in [-0.05, 0) is 6.08 Å². The van der Waals surface area contributed by atoms with Crippen LogP contribution in [0.3, 0.4) is 0 Å². The van der Waals surface area contributed by atoms with Crippen molar-refractivity contribution >= 4 is 0 Å². The third-order valence-electron chi connectivity index (χ3n) is 0.952. The topological polar surface area (TPSA) is 0 Å². The lowest BCUT2D eigenvalue weighted by atomic mass is 10.3. The molecule has 0 bridgehead atoms. The lowest BCUT2D eigenvalue weighted by Gasteiger charge is -1.72. The van der Waals surface area contributed by atoms with Gasteiger partial charge in [-0.3, -0.25) is 0 Å². The molecule has 0 aliphatic carbocycles. The molecule has 0 unspecified atom stereocenters. The van der Waals surface area contributed by atoms with E-state index in [-0.39, 0.29) is 0 Å². The molecule has 0 spiro atoms. The van der Waals surface area contributed by atoms with Gasteiger partial charge in [0.2, 0.25) is 0 Å². The van der Waals surface area contributed by atoms with Crippen LogP contribution in [0.15, 0.2) is 18.4 Å². The predicted molar refractivity (Wildman–Crippen MR) is 48.8 cm³/mol. The van der Waals surface area contributed by atoms with E-state index in [1.54, 1.807) is 6.08 Å². The Labute approximate surface area is 69.0 Å². The summed E-state index contributed by atoms with van der Waals surface area (Å²) in [5.41, 5.74) is 2.66. The van der Waals surface area contributed by atoms with Crippen molar-refractivity contribution in [3.8, 4) is 23.7 Å². The average Bonchev–Trinajstić information content (AvgIpc) is 2.03. The lowest BCUT2D eigenvalue weighted by Crippen LogP contribution is -1.61. The number of hydrogen-bond acceptors (Lipinski definition) is 0. The number of allylic oxidation sites excluding steroid dienone is 1. The Morgan fingerprint density at radius 1 is 1.18 bits per heavy atom. The standard InChI is InChI=1S/C11H12/c1-3-5-7-9-11-10-8-6-4-2/h5H,1,4,7,10H2,2H3. The van der Waals surface area contributed by atoms with E-state index in [2.05, 4.69) is 36.0 Å². The molecule has 0 aliphatic heterocycles. The molecule has 0 nitrogen and oxygen atoms in total. The summed E-state index contributed by atoms with van der Waals surface area (Å²) in [4.78, 5) is 0. The molecule has 11 heavy (non-hydrogen) atoms. The minimum absolute atomic E-state index is 0.679. The highest BCUT2D eigenvalue weighted by Crippen LogP contribution is 1.77. The van der Waals surface area contributed by atoms with Crippen LogP contribution < -0.4 is 0 Å². The Kier molecular flexibility index (Phi) is 7.57. The molecule has 0 heteroatoms. The minimum Gasteiger partial charge on any atom is -0.132 e. The summed E-state index contributed by atoms with van der Waals surface area (Å²) in [5, 5.41) is 0. The second-order valence-corrected chi connectivity index (χ2v) is 1.85. The van der Waals surface area contributed by atoms with Gasteiger partial charge in [0.25, 0.3) is 0 Å². The summed E-state index contributed by atoms with van der Waals surface area (Å²) < 4.78 is 0. The fourth-order valence-corrected chi connectivity index (χ4v) is 0.490. The van der Waals surface area contributed by atoms with Gasteiger partial charge in [-0.2, -0.15) is 0 Å². The summed E-state index contributed by atoms with van der Waals surface area (Å²) in [5.74, 6) is 11.8. The molecule has 0 amide bonds. The second-order valence-electron chi connectivity index (χ2n) is 1.85. The van der Waals surface area contributed by atoms with E-state index in [9.17, 15) is 0 Å². The van der Waals surface area contributed by atoms with Crippen molar-refractivity contribution in [2.75, 3.05) is 0 Å². The Morgan fingerprint density at radius 2 is 1.91 bits per heavy atom. The van der Waals surface area contributed by atoms with Gasteiger partial charge in [-0.15, -0.1) is 11.7 Å². The second kappa shape index (κ2) is 8.64. The van der Waals surface area contributed by atoms with Crippen molar-refractivity contribution < 1.29 is 0 Å². The molecule has 0 N–H and O–H groups in total. The van der Waals surface area contributed by atoms with Crippen LogP contribution >= 0.6 is 0 Å².